The molecule has 1 aliphatic carbocycles. The molecule has 1 unspecified atom stereocenters. The zero-order chi connectivity index (χ0) is 14.4. The highest BCUT2D eigenvalue weighted by atomic mass is 16.5. The van der Waals surface area contributed by atoms with Gasteiger partial charge in [-0.2, -0.15) is 0 Å². The van der Waals surface area contributed by atoms with Crippen molar-refractivity contribution in [1.82, 2.24) is 0 Å². The van der Waals surface area contributed by atoms with Crippen LogP contribution in [0.15, 0.2) is 24.3 Å². The molecule has 20 heavy (non-hydrogen) atoms. The van der Waals surface area contributed by atoms with Crippen LogP contribution in [0.1, 0.15) is 32.1 Å². The van der Waals surface area contributed by atoms with Gasteiger partial charge in [-0.05, 0) is 43.0 Å². The Balaban J connectivity index is 1.96. The van der Waals surface area contributed by atoms with E-state index in [0.717, 1.165) is 12.8 Å². The van der Waals surface area contributed by atoms with E-state index in [1.807, 2.05) is 0 Å². The molecule has 1 aliphatic rings. The molecule has 110 valence electrons. The van der Waals surface area contributed by atoms with E-state index in [-0.39, 0.29) is 17.6 Å². The number of phenolic OH excluding ortho intramolecular Hbond substituents is 1. The molecule has 0 heterocycles. The highest BCUT2D eigenvalue weighted by molar-refractivity contribution is 5.72. The van der Waals surface area contributed by atoms with E-state index in [0.29, 0.717) is 18.3 Å². The van der Waals surface area contributed by atoms with Crippen LogP contribution in [0.25, 0.3) is 0 Å². The molecule has 2 rings (SSSR count). The number of methoxy groups -OCH3 is 1. The third-order valence-electron chi connectivity index (χ3n) is 3.99. The van der Waals surface area contributed by atoms with Crippen LogP contribution in [0.4, 0.5) is 0 Å². The summed E-state index contributed by atoms with van der Waals surface area (Å²) in [6.45, 7) is 0.335. The van der Waals surface area contributed by atoms with Crippen LogP contribution in [0, 0.1) is 11.8 Å². The number of ether oxygens (including phenoxy) is 2. The van der Waals surface area contributed by atoms with Gasteiger partial charge in [0.1, 0.15) is 18.1 Å². The molecular weight excluding hydrogens is 256 g/mol. The van der Waals surface area contributed by atoms with Gasteiger partial charge in [-0.1, -0.05) is 19.3 Å². The van der Waals surface area contributed by atoms with E-state index >= 15 is 0 Å². The predicted molar refractivity (Wildman–Crippen MR) is 75.7 cm³/mol. The van der Waals surface area contributed by atoms with Gasteiger partial charge in [0.15, 0.2) is 0 Å². The van der Waals surface area contributed by atoms with Gasteiger partial charge < -0.3 is 14.6 Å². The molecule has 0 aliphatic heterocycles. The van der Waals surface area contributed by atoms with Crippen LogP contribution in [-0.4, -0.2) is 24.8 Å². The highest BCUT2D eigenvalue weighted by Crippen LogP contribution is 2.31. The Morgan fingerprint density at radius 3 is 2.50 bits per heavy atom. The van der Waals surface area contributed by atoms with Crippen LogP contribution in [0.5, 0.6) is 11.5 Å². The number of esters is 1. The van der Waals surface area contributed by atoms with E-state index in [1.165, 1.54) is 26.4 Å². The van der Waals surface area contributed by atoms with E-state index in [2.05, 4.69) is 0 Å². The van der Waals surface area contributed by atoms with Crippen LogP contribution in [-0.2, 0) is 9.53 Å². The number of hydrogen-bond acceptors (Lipinski definition) is 4. The standard InChI is InChI=1S/C16H22O4/c1-19-16(18)15(12-5-3-2-4-6-12)11-20-14-9-7-13(17)8-10-14/h7-10,12,15,17H,2-6,11H2,1H3. The Hall–Kier alpha value is -1.71. The third-order valence-corrected chi connectivity index (χ3v) is 3.99. The summed E-state index contributed by atoms with van der Waals surface area (Å²) in [6, 6.07) is 6.54. The van der Waals surface area contributed by atoms with Crippen molar-refractivity contribution in [3.63, 3.8) is 0 Å². The topological polar surface area (TPSA) is 55.8 Å². The van der Waals surface area contributed by atoms with Gasteiger partial charge in [0.2, 0.25) is 0 Å². The second-order valence-corrected chi connectivity index (χ2v) is 5.33. The lowest BCUT2D eigenvalue weighted by Gasteiger charge is -2.28. The molecule has 1 atom stereocenters. The molecule has 0 aromatic heterocycles. The SMILES string of the molecule is COC(=O)C(COc1ccc(O)cc1)C1CCCCC1. The molecule has 1 aromatic rings. The Morgan fingerprint density at radius 1 is 1.25 bits per heavy atom. The second-order valence-electron chi connectivity index (χ2n) is 5.33. The number of hydrogen-bond donors (Lipinski definition) is 1. The van der Waals surface area contributed by atoms with Gasteiger partial charge in [-0.3, -0.25) is 4.79 Å². The molecule has 0 amide bonds. The first-order chi connectivity index (χ1) is 9.70. The van der Waals surface area contributed by atoms with Crippen LogP contribution in [0.2, 0.25) is 0 Å². The monoisotopic (exact) mass is 278 g/mol. The predicted octanol–water partition coefficient (Wildman–Crippen LogP) is 3.14. The summed E-state index contributed by atoms with van der Waals surface area (Å²) >= 11 is 0. The summed E-state index contributed by atoms with van der Waals surface area (Å²) in [6.07, 6.45) is 5.75. The molecule has 4 heteroatoms. The Kier molecular flexibility index (Phi) is 5.27. The molecular formula is C16H22O4. The lowest BCUT2D eigenvalue weighted by Crippen LogP contribution is -2.31. The molecule has 0 saturated heterocycles. The number of rotatable bonds is 5. The second kappa shape index (κ2) is 7.17. The summed E-state index contributed by atoms with van der Waals surface area (Å²) < 4.78 is 10.6. The van der Waals surface area contributed by atoms with E-state index in [1.54, 1.807) is 24.3 Å². The molecule has 0 bridgehead atoms. The van der Waals surface area contributed by atoms with Gasteiger partial charge in [0, 0.05) is 0 Å². The van der Waals surface area contributed by atoms with Crippen LogP contribution >= 0.6 is 0 Å². The first kappa shape index (κ1) is 14.7. The molecule has 4 nitrogen and oxygen atoms in total. The summed E-state index contributed by atoms with van der Waals surface area (Å²) in [4.78, 5) is 11.9. The van der Waals surface area contributed by atoms with Crippen molar-refractivity contribution in [2.75, 3.05) is 13.7 Å². The zero-order valence-corrected chi connectivity index (χ0v) is 11.9. The summed E-state index contributed by atoms with van der Waals surface area (Å²) in [7, 11) is 1.43. The summed E-state index contributed by atoms with van der Waals surface area (Å²) in [5.74, 6) is 0.833. The minimum absolute atomic E-state index is 0.185. The fourth-order valence-corrected chi connectivity index (χ4v) is 2.81. The van der Waals surface area contributed by atoms with E-state index < -0.39 is 0 Å². The lowest BCUT2D eigenvalue weighted by atomic mass is 9.80. The average Bonchev–Trinajstić information content (AvgIpc) is 2.50. The van der Waals surface area contributed by atoms with Gasteiger partial charge in [-0.25, -0.2) is 0 Å². The molecule has 1 saturated carbocycles. The first-order valence-corrected chi connectivity index (χ1v) is 7.20. The van der Waals surface area contributed by atoms with Crippen molar-refractivity contribution < 1.29 is 19.4 Å². The summed E-state index contributed by atoms with van der Waals surface area (Å²) in [5, 5.41) is 9.23. The van der Waals surface area contributed by atoms with Gasteiger partial charge in [0.25, 0.3) is 0 Å². The lowest BCUT2D eigenvalue weighted by molar-refractivity contribution is -0.149. The number of carbonyl (C=O) groups excluding carboxylic acids is 1. The Labute approximate surface area is 119 Å². The minimum Gasteiger partial charge on any atom is -0.508 e. The fourth-order valence-electron chi connectivity index (χ4n) is 2.81. The summed E-state index contributed by atoms with van der Waals surface area (Å²) in [5.41, 5.74) is 0. The third kappa shape index (κ3) is 3.89. The zero-order valence-electron chi connectivity index (χ0n) is 11.9. The maximum atomic E-state index is 11.9. The molecule has 1 fully saturated rings. The van der Waals surface area contributed by atoms with Crippen molar-refractivity contribution in [1.29, 1.82) is 0 Å². The van der Waals surface area contributed by atoms with Crippen molar-refractivity contribution in [2.45, 2.75) is 32.1 Å². The van der Waals surface area contributed by atoms with Gasteiger partial charge in [-0.15, -0.1) is 0 Å². The Bertz CT molecular complexity index is 421. The Morgan fingerprint density at radius 2 is 1.90 bits per heavy atom. The number of carbonyl (C=O) groups is 1. The maximum Gasteiger partial charge on any atom is 0.312 e. The largest absolute Gasteiger partial charge is 0.508 e. The molecule has 1 aromatic carbocycles. The fraction of sp³-hybridized carbons (Fsp3) is 0.562. The van der Waals surface area contributed by atoms with Crippen molar-refractivity contribution in [2.24, 2.45) is 11.8 Å². The maximum absolute atomic E-state index is 11.9. The molecule has 0 radical (unpaired) electrons. The van der Waals surface area contributed by atoms with Crippen LogP contribution < -0.4 is 4.74 Å². The van der Waals surface area contributed by atoms with Crippen LogP contribution in [0.3, 0.4) is 0 Å². The number of benzene rings is 1. The van der Waals surface area contributed by atoms with Crippen molar-refractivity contribution in [3.8, 4) is 11.5 Å². The van der Waals surface area contributed by atoms with Gasteiger partial charge >= 0.3 is 5.97 Å². The van der Waals surface area contributed by atoms with E-state index in [9.17, 15) is 9.90 Å². The van der Waals surface area contributed by atoms with Crippen molar-refractivity contribution >= 4 is 5.97 Å². The quantitative estimate of drug-likeness (QED) is 0.841. The minimum atomic E-state index is -0.200. The molecule has 0 spiro atoms. The van der Waals surface area contributed by atoms with E-state index in [4.69, 9.17) is 9.47 Å². The number of aromatic hydroxyl groups is 1. The normalized spacial score (nSPS) is 17.4. The first-order valence-electron chi connectivity index (χ1n) is 7.20. The molecule has 1 N–H and O–H groups in total. The van der Waals surface area contributed by atoms with Gasteiger partial charge in [0.05, 0.1) is 13.0 Å². The van der Waals surface area contributed by atoms with Crippen molar-refractivity contribution in [3.05, 3.63) is 24.3 Å². The smallest absolute Gasteiger partial charge is 0.312 e. The average molecular weight is 278 g/mol. The highest BCUT2D eigenvalue weighted by Gasteiger charge is 2.31. The number of phenols is 1.